The van der Waals surface area contributed by atoms with Crippen LogP contribution in [0.2, 0.25) is 0 Å². The Hall–Kier alpha value is -3.08. The Morgan fingerprint density at radius 2 is 1.43 bits per heavy atom. The van der Waals surface area contributed by atoms with E-state index in [1.54, 1.807) is 42.5 Å². The van der Waals surface area contributed by atoms with Crippen LogP contribution in [0.1, 0.15) is 21.0 Å². The van der Waals surface area contributed by atoms with Crippen molar-refractivity contribution in [1.82, 2.24) is 10.1 Å². The van der Waals surface area contributed by atoms with Crippen molar-refractivity contribution in [1.29, 1.82) is 0 Å². The molecule has 0 spiro atoms. The highest BCUT2D eigenvalue weighted by Gasteiger charge is 2.23. The molecule has 0 aliphatic carbocycles. The van der Waals surface area contributed by atoms with Gasteiger partial charge in [-0.05, 0) is 12.1 Å². The predicted octanol–water partition coefficient (Wildman–Crippen LogP) is 2.80. The number of hydrogen-bond acceptors (Lipinski definition) is 5. The second-order valence-electron chi connectivity index (χ2n) is 4.31. The molecule has 0 saturated heterocycles. The van der Waals surface area contributed by atoms with Gasteiger partial charge in [-0.3, -0.25) is 9.59 Å². The third kappa shape index (κ3) is 2.62. The summed E-state index contributed by atoms with van der Waals surface area (Å²) in [6.07, 6.45) is 0. The first-order valence-electron chi connectivity index (χ1n) is 6.29. The average molecular weight is 278 g/mol. The van der Waals surface area contributed by atoms with E-state index in [0.29, 0.717) is 11.1 Å². The minimum Gasteiger partial charge on any atom is -0.333 e. The van der Waals surface area contributed by atoms with Crippen LogP contribution in [0.3, 0.4) is 0 Å². The molecule has 102 valence electrons. The molecule has 0 fully saturated rings. The molecule has 0 N–H and O–H groups in total. The molecule has 1 aromatic heterocycles. The van der Waals surface area contributed by atoms with Crippen molar-refractivity contribution in [3.63, 3.8) is 0 Å². The highest BCUT2D eigenvalue weighted by atomic mass is 16.5. The molecule has 0 aliphatic heterocycles. The minimum absolute atomic E-state index is 0.208. The third-order valence-corrected chi connectivity index (χ3v) is 2.89. The highest BCUT2D eigenvalue weighted by molar-refractivity contribution is 6.48. The molecule has 0 radical (unpaired) electrons. The second kappa shape index (κ2) is 5.50. The van der Waals surface area contributed by atoms with Gasteiger partial charge in [0.25, 0.3) is 11.7 Å². The zero-order valence-electron chi connectivity index (χ0n) is 10.9. The number of Topliss-reactive ketones (excluding diaryl/α,β-unsaturated/α-hetero) is 2. The number of carbonyl (C=O) groups excluding carboxylic acids is 2. The first kappa shape index (κ1) is 12.9. The van der Waals surface area contributed by atoms with E-state index in [2.05, 4.69) is 10.1 Å². The fourth-order valence-electron chi connectivity index (χ4n) is 1.84. The molecule has 5 heteroatoms. The zero-order chi connectivity index (χ0) is 14.7. The Bertz CT molecular complexity index is 780. The number of ketones is 2. The molecule has 0 aliphatic rings. The summed E-state index contributed by atoms with van der Waals surface area (Å²) in [4.78, 5) is 28.1. The van der Waals surface area contributed by atoms with E-state index in [1.165, 1.54) is 0 Å². The molecule has 0 bridgehead atoms. The molecule has 3 aromatic rings. The fourth-order valence-corrected chi connectivity index (χ4v) is 1.84. The molecule has 2 aromatic carbocycles. The molecule has 1 heterocycles. The maximum Gasteiger partial charge on any atom is 0.274 e. The van der Waals surface area contributed by atoms with E-state index in [0.717, 1.165) is 0 Å². The van der Waals surface area contributed by atoms with E-state index in [9.17, 15) is 9.59 Å². The Balaban J connectivity index is 1.87. The van der Waals surface area contributed by atoms with Crippen LogP contribution in [0.15, 0.2) is 65.2 Å². The molecular weight excluding hydrogens is 268 g/mol. The van der Waals surface area contributed by atoms with Crippen LogP contribution in [0.4, 0.5) is 0 Å². The number of rotatable bonds is 4. The van der Waals surface area contributed by atoms with Crippen LogP contribution in [-0.2, 0) is 0 Å². The van der Waals surface area contributed by atoms with Gasteiger partial charge in [-0.1, -0.05) is 53.7 Å². The Morgan fingerprint density at radius 1 is 0.810 bits per heavy atom. The van der Waals surface area contributed by atoms with Crippen LogP contribution in [0.5, 0.6) is 0 Å². The van der Waals surface area contributed by atoms with Crippen molar-refractivity contribution in [2.24, 2.45) is 0 Å². The Kier molecular flexibility index (Phi) is 3.39. The fraction of sp³-hybridized carbons (Fsp3) is 0. The van der Waals surface area contributed by atoms with E-state index < -0.39 is 11.6 Å². The van der Waals surface area contributed by atoms with Gasteiger partial charge in [0, 0.05) is 11.1 Å². The molecule has 21 heavy (non-hydrogen) atoms. The molecule has 0 atom stereocenters. The SMILES string of the molecule is O=C(C(=O)c1noc(-c2ccccc2)n1)c1ccccc1. The van der Waals surface area contributed by atoms with Gasteiger partial charge in [0.05, 0.1) is 0 Å². The largest absolute Gasteiger partial charge is 0.333 e. The average Bonchev–Trinajstić information content (AvgIpc) is 3.05. The normalized spacial score (nSPS) is 10.3. The first-order valence-corrected chi connectivity index (χ1v) is 6.29. The lowest BCUT2D eigenvalue weighted by molar-refractivity contribution is 0.0809. The lowest BCUT2D eigenvalue weighted by Gasteiger charge is -1.95. The van der Waals surface area contributed by atoms with Crippen molar-refractivity contribution < 1.29 is 14.1 Å². The van der Waals surface area contributed by atoms with Crippen molar-refractivity contribution in [2.45, 2.75) is 0 Å². The molecule has 0 unspecified atom stereocenters. The Labute approximate surface area is 120 Å². The van der Waals surface area contributed by atoms with Gasteiger partial charge >= 0.3 is 0 Å². The smallest absolute Gasteiger partial charge is 0.274 e. The maximum absolute atomic E-state index is 12.1. The quantitative estimate of drug-likeness (QED) is 0.542. The van der Waals surface area contributed by atoms with Crippen LogP contribution in [0.25, 0.3) is 11.5 Å². The van der Waals surface area contributed by atoms with Gasteiger partial charge in [0.1, 0.15) is 0 Å². The summed E-state index contributed by atoms with van der Waals surface area (Å²) in [5, 5.41) is 3.58. The van der Waals surface area contributed by atoms with Crippen molar-refractivity contribution >= 4 is 11.6 Å². The number of nitrogens with zero attached hydrogens (tertiary/aromatic N) is 2. The van der Waals surface area contributed by atoms with Gasteiger partial charge in [-0.2, -0.15) is 4.98 Å². The molecule has 5 nitrogen and oxygen atoms in total. The lowest BCUT2D eigenvalue weighted by Crippen LogP contribution is -2.15. The monoisotopic (exact) mass is 278 g/mol. The third-order valence-electron chi connectivity index (χ3n) is 2.89. The van der Waals surface area contributed by atoms with E-state index in [1.807, 2.05) is 18.2 Å². The summed E-state index contributed by atoms with van der Waals surface area (Å²) in [7, 11) is 0. The number of hydrogen-bond donors (Lipinski definition) is 0. The number of benzene rings is 2. The second-order valence-corrected chi connectivity index (χ2v) is 4.31. The summed E-state index contributed by atoms with van der Waals surface area (Å²) in [6.45, 7) is 0. The summed E-state index contributed by atoms with van der Waals surface area (Å²) in [5.74, 6) is -1.47. The molecule has 3 rings (SSSR count). The maximum atomic E-state index is 12.1. The zero-order valence-corrected chi connectivity index (χ0v) is 10.9. The van der Waals surface area contributed by atoms with E-state index >= 15 is 0 Å². The highest BCUT2D eigenvalue weighted by Crippen LogP contribution is 2.16. The predicted molar refractivity (Wildman–Crippen MR) is 74.8 cm³/mol. The van der Waals surface area contributed by atoms with Crippen molar-refractivity contribution in [3.05, 3.63) is 72.1 Å². The van der Waals surface area contributed by atoms with Crippen LogP contribution < -0.4 is 0 Å². The van der Waals surface area contributed by atoms with Crippen LogP contribution in [0, 0.1) is 0 Å². The van der Waals surface area contributed by atoms with E-state index in [4.69, 9.17) is 4.52 Å². The van der Waals surface area contributed by atoms with Gasteiger partial charge in [0.2, 0.25) is 11.6 Å². The summed E-state index contributed by atoms with van der Waals surface area (Å²) in [5.41, 5.74) is 0.991. The molecular formula is C16H10N2O3. The standard InChI is InChI=1S/C16H10N2O3/c19-13(11-7-3-1-4-8-11)14(20)15-17-16(21-18-15)12-9-5-2-6-10-12/h1-10H. The minimum atomic E-state index is -0.785. The van der Waals surface area contributed by atoms with E-state index in [-0.39, 0.29) is 11.7 Å². The van der Waals surface area contributed by atoms with Crippen molar-refractivity contribution in [3.8, 4) is 11.5 Å². The summed E-state index contributed by atoms with van der Waals surface area (Å²) >= 11 is 0. The van der Waals surface area contributed by atoms with Crippen molar-refractivity contribution in [2.75, 3.05) is 0 Å². The molecule has 0 saturated carbocycles. The first-order chi connectivity index (χ1) is 10.3. The van der Waals surface area contributed by atoms with Gasteiger partial charge < -0.3 is 4.52 Å². The lowest BCUT2D eigenvalue weighted by atomic mass is 10.1. The van der Waals surface area contributed by atoms with Gasteiger partial charge in [0.15, 0.2) is 0 Å². The van der Waals surface area contributed by atoms with Gasteiger partial charge in [-0.25, -0.2) is 0 Å². The summed E-state index contributed by atoms with van der Waals surface area (Å²) in [6, 6.07) is 17.3. The Morgan fingerprint density at radius 3 is 2.10 bits per heavy atom. The van der Waals surface area contributed by atoms with Crippen LogP contribution >= 0.6 is 0 Å². The summed E-state index contributed by atoms with van der Waals surface area (Å²) < 4.78 is 5.02. The number of carbonyl (C=O) groups is 2. The number of aromatic nitrogens is 2. The topological polar surface area (TPSA) is 73.1 Å². The van der Waals surface area contributed by atoms with Crippen LogP contribution in [-0.4, -0.2) is 21.7 Å². The molecule has 0 amide bonds. The van der Waals surface area contributed by atoms with Gasteiger partial charge in [-0.15, -0.1) is 0 Å².